The predicted molar refractivity (Wildman–Crippen MR) is 57.4 cm³/mol. The lowest BCUT2D eigenvalue weighted by molar-refractivity contribution is 0.255. The number of nitrogens with one attached hydrogen (secondary N) is 2. The van der Waals surface area contributed by atoms with E-state index in [0.717, 1.165) is 6.26 Å². The molecule has 0 bridgehead atoms. The van der Waals surface area contributed by atoms with Crippen LogP contribution < -0.4 is 10.0 Å². The molecule has 14 heavy (non-hydrogen) atoms. The van der Waals surface area contributed by atoms with Gasteiger partial charge in [-0.15, -0.1) is 10.8 Å². The summed E-state index contributed by atoms with van der Waals surface area (Å²) in [6.07, 6.45) is 1.14. The molecule has 0 fully saturated rings. The van der Waals surface area contributed by atoms with Crippen LogP contribution in [0.5, 0.6) is 0 Å². The number of benzene rings is 1. The molecule has 1 rings (SSSR count). The van der Waals surface area contributed by atoms with Gasteiger partial charge in [0.15, 0.2) is 0 Å². The molecule has 0 aliphatic heterocycles. The SMILES string of the molecule is CS(O)(O)NC(=O)Nc1ccccc1. The Labute approximate surface area is 83.6 Å². The normalized spacial score (nSPS) is 11.9. The lowest BCUT2D eigenvalue weighted by Crippen LogP contribution is -2.30. The summed E-state index contributed by atoms with van der Waals surface area (Å²) in [6, 6.07) is 8.09. The van der Waals surface area contributed by atoms with Crippen LogP contribution in [-0.4, -0.2) is 21.4 Å². The number of hydrogen-bond donors (Lipinski definition) is 4. The van der Waals surface area contributed by atoms with Gasteiger partial charge in [-0.25, -0.2) is 9.52 Å². The zero-order valence-corrected chi connectivity index (χ0v) is 8.41. The number of urea groups is 1. The Morgan fingerprint density at radius 2 is 1.86 bits per heavy atom. The first-order chi connectivity index (χ1) is 6.47. The monoisotopic (exact) mass is 216 g/mol. The van der Waals surface area contributed by atoms with Gasteiger partial charge >= 0.3 is 6.03 Å². The van der Waals surface area contributed by atoms with Crippen molar-refractivity contribution in [2.75, 3.05) is 11.6 Å². The number of carbonyl (C=O) groups is 1. The second-order valence-electron chi connectivity index (χ2n) is 2.76. The van der Waals surface area contributed by atoms with E-state index in [1.165, 1.54) is 0 Å². The molecule has 2 amide bonds. The van der Waals surface area contributed by atoms with Crippen molar-refractivity contribution < 1.29 is 13.9 Å². The summed E-state index contributed by atoms with van der Waals surface area (Å²) in [4.78, 5) is 11.1. The smallest absolute Gasteiger partial charge is 0.307 e. The van der Waals surface area contributed by atoms with Gasteiger partial charge in [0, 0.05) is 11.9 Å². The first kappa shape index (κ1) is 10.8. The van der Waals surface area contributed by atoms with Crippen LogP contribution in [0.4, 0.5) is 10.5 Å². The van der Waals surface area contributed by atoms with Gasteiger partial charge in [-0.2, -0.15) is 0 Å². The maximum Gasteiger partial charge on any atom is 0.337 e. The number of rotatable bonds is 2. The molecule has 6 heteroatoms. The van der Waals surface area contributed by atoms with E-state index < -0.39 is 16.8 Å². The molecule has 0 atom stereocenters. The van der Waals surface area contributed by atoms with E-state index in [0.29, 0.717) is 5.69 Å². The van der Waals surface area contributed by atoms with Crippen LogP contribution in [0.2, 0.25) is 0 Å². The van der Waals surface area contributed by atoms with Gasteiger partial charge in [-0.1, -0.05) is 18.2 Å². The summed E-state index contributed by atoms with van der Waals surface area (Å²) in [6.45, 7) is 0. The highest BCUT2D eigenvalue weighted by atomic mass is 32.3. The van der Waals surface area contributed by atoms with E-state index in [2.05, 4.69) is 5.32 Å². The summed E-state index contributed by atoms with van der Waals surface area (Å²) in [5.74, 6) is 0. The van der Waals surface area contributed by atoms with Crippen molar-refractivity contribution in [2.24, 2.45) is 0 Å². The van der Waals surface area contributed by atoms with E-state index in [9.17, 15) is 4.79 Å². The summed E-state index contributed by atoms with van der Waals surface area (Å²) >= 11 is 0. The third-order valence-electron chi connectivity index (χ3n) is 1.32. The molecule has 0 aromatic heterocycles. The van der Waals surface area contributed by atoms with E-state index in [4.69, 9.17) is 9.11 Å². The summed E-state index contributed by atoms with van der Waals surface area (Å²) in [7, 11) is -3.01. The molecule has 0 heterocycles. The van der Waals surface area contributed by atoms with Crippen molar-refractivity contribution in [2.45, 2.75) is 0 Å². The number of anilines is 1. The number of hydrogen-bond acceptors (Lipinski definition) is 3. The zero-order chi connectivity index (χ0) is 10.6. The molecule has 5 nitrogen and oxygen atoms in total. The van der Waals surface area contributed by atoms with Crippen molar-refractivity contribution in [3.8, 4) is 0 Å². The Hall–Kier alpha value is -1.24. The Morgan fingerprint density at radius 3 is 2.36 bits per heavy atom. The minimum Gasteiger partial charge on any atom is -0.307 e. The van der Waals surface area contributed by atoms with Crippen LogP contribution >= 0.6 is 10.8 Å². The quantitative estimate of drug-likeness (QED) is 0.611. The van der Waals surface area contributed by atoms with Gasteiger partial charge < -0.3 is 5.32 Å². The molecular formula is C8H12N2O3S. The third kappa shape index (κ3) is 4.13. The minimum absolute atomic E-state index is 0.591. The number of amides is 2. The molecule has 0 radical (unpaired) electrons. The number of carbonyl (C=O) groups excluding carboxylic acids is 1. The molecule has 1 aromatic rings. The van der Waals surface area contributed by atoms with Gasteiger partial charge in [0.1, 0.15) is 0 Å². The molecule has 0 aliphatic rings. The molecular weight excluding hydrogens is 204 g/mol. The lowest BCUT2D eigenvalue weighted by Gasteiger charge is -2.27. The second-order valence-corrected chi connectivity index (χ2v) is 4.63. The summed E-state index contributed by atoms with van der Waals surface area (Å²) < 4.78 is 19.9. The molecule has 0 aliphatic carbocycles. The van der Waals surface area contributed by atoms with Gasteiger partial charge in [0.25, 0.3) is 0 Å². The van der Waals surface area contributed by atoms with Crippen molar-refractivity contribution in [3.05, 3.63) is 30.3 Å². The minimum atomic E-state index is -3.01. The molecule has 0 unspecified atom stereocenters. The van der Waals surface area contributed by atoms with Crippen molar-refractivity contribution in [3.63, 3.8) is 0 Å². The molecule has 4 N–H and O–H groups in total. The predicted octanol–water partition coefficient (Wildman–Crippen LogP) is 2.10. The van der Waals surface area contributed by atoms with Crippen molar-refractivity contribution in [1.82, 2.24) is 4.72 Å². The first-order valence-electron chi connectivity index (χ1n) is 3.84. The van der Waals surface area contributed by atoms with E-state index in [-0.39, 0.29) is 0 Å². The average Bonchev–Trinajstić information content (AvgIpc) is 2.02. The Morgan fingerprint density at radius 1 is 1.29 bits per heavy atom. The largest absolute Gasteiger partial charge is 0.337 e. The molecule has 1 aromatic carbocycles. The van der Waals surface area contributed by atoms with Gasteiger partial charge in [-0.05, 0) is 12.1 Å². The standard InChI is InChI=1S/C8H12N2O3S/c1-14(12,13)10-8(11)9-7-5-3-2-4-6-7/h2-6,12-13H,1H3,(H2,9,10,11). The maximum atomic E-state index is 11.1. The second kappa shape index (κ2) is 4.32. The van der Waals surface area contributed by atoms with Crippen LogP contribution in [0.1, 0.15) is 0 Å². The Kier molecular flexibility index (Phi) is 3.34. The zero-order valence-electron chi connectivity index (χ0n) is 7.60. The fraction of sp³-hybridized carbons (Fsp3) is 0.125. The van der Waals surface area contributed by atoms with Crippen LogP contribution in [0.25, 0.3) is 0 Å². The van der Waals surface area contributed by atoms with Crippen LogP contribution in [0.15, 0.2) is 30.3 Å². The van der Waals surface area contributed by atoms with Crippen molar-refractivity contribution in [1.29, 1.82) is 0 Å². The average molecular weight is 216 g/mol. The Bertz CT molecular complexity index is 310. The van der Waals surface area contributed by atoms with Crippen molar-refractivity contribution >= 4 is 22.5 Å². The molecule has 78 valence electrons. The van der Waals surface area contributed by atoms with E-state index in [1.54, 1.807) is 24.3 Å². The maximum absolute atomic E-state index is 11.1. The van der Waals surface area contributed by atoms with Crippen LogP contribution in [-0.2, 0) is 0 Å². The Balaban J connectivity index is 2.50. The molecule has 0 saturated carbocycles. The fourth-order valence-corrected chi connectivity index (χ4v) is 1.26. The highest BCUT2D eigenvalue weighted by molar-refractivity contribution is 8.22. The molecule has 0 saturated heterocycles. The number of para-hydroxylation sites is 1. The third-order valence-corrected chi connectivity index (χ3v) is 1.89. The summed E-state index contributed by atoms with van der Waals surface area (Å²) in [5, 5.41) is 2.45. The highest BCUT2D eigenvalue weighted by Crippen LogP contribution is 2.26. The van der Waals surface area contributed by atoms with E-state index in [1.807, 2.05) is 10.8 Å². The van der Waals surface area contributed by atoms with Crippen LogP contribution in [0, 0.1) is 0 Å². The fourth-order valence-electron chi connectivity index (χ4n) is 0.854. The first-order valence-corrected chi connectivity index (χ1v) is 5.80. The molecule has 0 spiro atoms. The highest BCUT2D eigenvalue weighted by Gasteiger charge is 2.08. The van der Waals surface area contributed by atoms with Gasteiger partial charge in [0.2, 0.25) is 0 Å². The van der Waals surface area contributed by atoms with Crippen LogP contribution in [0.3, 0.4) is 0 Å². The topological polar surface area (TPSA) is 81.6 Å². The van der Waals surface area contributed by atoms with E-state index >= 15 is 0 Å². The van der Waals surface area contributed by atoms with Gasteiger partial charge in [0.05, 0.1) is 0 Å². The summed E-state index contributed by atoms with van der Waals surface area (Å²) in [5.41, 5.74) is 0.591. The van der Waals surface area contributed by atoms with Gasteiger partial charge in [-0.3, -0.25) is 9.11 Å². The lowest BCUT2D eigenvalue weighted by atomic mass is 10.3.